The molecule has 1 aliphatic heterocycles. The minimum absolute atomic E-state index is 0.107. The number of benzene rings is 2. The van der Waals surface area contributed by atoms with Crippen molar-refractivity contribution in [1.82, 2.24) is 9.78 Å². The van der Waals surface area contributed by atoms with Crippen LogP contribution in [0, 0.1) is 22.6 Å². The van der Waals surface area contributed by atoms with E-state index >= 15 is 0 Å². The van der Waals surface area contributed by atoms with Gasteiger partial charge in [-0.3, -0.25) is 0 Å². The molecule has 0 bridgehead atoms. The second-order valence-electron chi connectivity index (χ2n) is 7.86. The summed E-state index contributed by atoms with van der Waals surface area (Å²) in [5.41, 5.74) is 2.61. The lowest BCUT2D eigenvalue weighted by molar-refractivity contribution is 0.280. The van der Waals surface area contributed by atoms with Gasteiger partial charge in [-0.2, -0.15) is 10.4 Å². The molecule has 27 heavy (non-hydrogen) atoms. The molecular weight excluding hydrogens is 343 g/mol. The second kappa shape index (κ2) is 6.27. The highest BCUT2D eigenvalue weighted by molar-refractivity contribution is 5.88. The third kappa shape index (κ3) is 2.99. The van der Waals surface area contributed by atoms with Gasteiger partial charge < -0.3 is 10.0 Å². The van der Waals surface area contributed by atoms with E-state index in [9.17, 15) is 14.8 Å². The lowest BCUT2D eigenvalue weighted by Crippen LogP contribution is -2.37. The van der Waals surface area contributed by atoms with Gasteiger partial charge in [-0.05, 0) is 48.6 Å². The normalized spacial score (nSPS) is 16.4. The van der Waals surface area contributed by atoms with E-state index in [1.165, 1.54) is 12.3 Å². The maximum Gasteiger partial charge on any atom is 0.171 e. The average molecular weight is 364 g/mol. The Hall–Kier alpha value is -3.07. The first-order chi connectivity index (χ1) is 12.9. The topological polar surface area (TPSA) is 65.1 Å². The van der Waals surface area contributed by atoms with E-state index in [0.717, 1.165) is 37.3 Å². The van der Waals surface area contributed by atoms with Crippen LogP contribution in [0.3, 0.4) is 0 Å². The zero-order valence-electron chi connectivity index (χ0n) is 15.4. The summed E-state index contributed by atoms with van der Waals surface area (Å²) in [5.74, 6) is -1.46. The fraction of sp³-hybridized carbons (Fsp3) is 0.333. The molecule has 2 aromatic carbocycles. The van der Waals surface area contributed by atoms with Crippen molar-refractivity contribution in [2.45, 2.75) is 26.7 Å². The van der Waals surface area contributed by atoms with Crippen LogP contribution >= 0.6 is 0 Å². The minimum atomic E-state index is -0.818. The third-order valence-corrected chi connectivity index (χ3v) is 5.47. The van der Waals surface area contributed by atoms with Gasteiger partial charge in [0, 0.05) is 24.2 Å². The molecule has 5 nitrogen and oxygen atoms in total. The van der Waals surface area contributed by atoms with Gasteiger partial charge in [0.05, 0.1) is 17.4 Å². The van der Waals surface area contributed by atoms with Gasteiger partial charge in [0.1, 0.15) is 11.6 Å². The van der Waals surface area contributed by atoms with Crippen molar-refractivity contribution in [3.05, 3.63) is 47.9 Å². The quantitative estimate of drug-likeness (QED) is 0.733. The molecule has 0 radical (unpaired) electrons. The Kier molecular flexibility index (Phi) is 4.03. The van der Waals surface area contributed by atoms with Crippen molar-refractivity contribution in [2.75, 3.05) is 18.0 Å². The van der Waals surface area contributed by atoms with Crippen molar-refractivity contribution < 1.29 is 9.50 Å². The van der Waals surface area contributed by atoms with E-state index in [2.05, 4.69) is 23.8 Å². The van der Waals surface area contributed by atoms with E-state index in [-0.39, 0.29) is 5.56 Å². The van der Waals surface area contributed by atoms with Crippen molar-refractivity contribution in [1.29, 1.82) is 5.26 Å². The first-order valence-corrected chi connectivity index (χ1v) is 9.04. The highest BCUT2D eigenvalue weighted by Crippen LogP contribution is 2.34. The van der Waals surface area contributed by atoms with Crippen LogP contribution < -0.4 is 4.90 Å². The monoisotopic (exact) mass is 364 g/mol. The number of aromatic hydroxyl groups is 1. The number of piperidine rings is 1. The number of phenols is 1. The summed E-state index contributed by atoms with van der Waals surface area (Å²) in [6, 6.07) is 11.0. The maximum absolute atomic E-state index is 13.8. The standard InChI is InChI=1S/C21H21FN4O/c1-21(2)7-9-25(10-8-21)15-3-5-16(6-4-15)26-19-14(13-24-26)11-18(22)20(27)17(19)12-23/h3-6,11,13,27H,7-10H2,1-2H3. The first-order valence-electron chi connectivity index (χ1n) is 9.04. The van der Waals surface area contributed by atoms with Crippen LogP contribution in [0.2, 0.25) is 0 Å². The molecule has 0 spiro atoms. The Morgan fingerprint density at radius 2 is 1.78 bits per heavy atom. The molecule has 1 aliphatic rings. The van der Waals surface area contributed by atoms with Gasteiger partial charge in [-0.1, -0.05) is 13.8 Å². The first kappa shape index (κ1) is 17.3. The second-order valence-corrected chi connectivity index (χ2v) is 7.86. The van der Waals surface area contributed by atoms with Gasteiger partial charge in [-0.25, -0.2) is 9.07 Å². The Labute approximate surface area is 157 Å². The fourth-order valence-electron chi connectivity index (χ4n) is 3.63. The van der Waals surface area contributed by atoms with E-state index in [1.54, 1.807) is 4.68 Å². The Morgan fingerprint density at radius 3 is 2.41 bits per heavy atom. The summed E-state index contributed by atoms with van der Waals surface area (Å²) in [6.07, 6.45) is 3.82. The molecule has 1 N–H and O–H groups in total. The predicted octanol–water partition coefficient (Wildman–Crippen LogP) is 4.37. The van der Waals surface area contributed by atoms with Crippen LogP contribution in [0.4, 0.5) is 10.1 Å². The summed E-state index contributed by atoms with van der Waals surface area (Å²) in [5, 5.41) is 24.0. The molecule has 0 saturated carbocycles. The van der Waals surface area contributed by atoms with Crippen LogP contribution in [0.15, 0.2) is 36.5 Å². The molecule has 0 amide bonds. The van der Waals surface area contributed by atoms with Gasteiger partial charge in [0.2, 0.25) is 0 Å². The SMILES string of the molecule is CC1(C)CCN(c2ccc(-n3ncc4cc(F)c(O)c(C#N)c43)cc2)CC1. The van der Waals surface area contributed by atoms with Gasteiger partial charge in [0.15, 0.2) is 11.6 Å². The van der Waals surface area contributed by atoms with Gasteiger partial charge in [-0.15, -0.1) is 0 Å². The van der Waals surface area contributed by atoms with Crippen molar-refractivity contribution in [3.63, 3.8) is 0 Å². The number of nitrogens with zero attached hydrogens (tertiary/aromatic N) is 4. The van der Waals surface area contributed by atoms with Crippen LogP contribution in [0.1, 0.15) is 32.3 Å². The van der Waals surface area contributed by atoms with Gasteiger partial charge >= 0.3 is 0 Å². The minimum Gasteiger partial charge on any atom is -0.504 e. The summed E-state index contributed by atoms with van der Waals surface area (Å²) >= 11 is 0. The molecule has 0 atom stereocenters. The molecule has 1 saturated heterocycles. The van der Waals surface area contributed by atoms with Crippen molar-refractivity contribution in [3.8, 4) is 17.5 Å². The summed E-state index contributed by atoms with van der Waals surface area (Å²) in [6.45, 7) is 6.67. The van der Waals surface area contributed by atoms with E-state index in [1.807, 2.05) is 30.3 Å². The Morgan fingerprint density at radius 1 is 1.15 bits per heavy atom. The number of phenolic OH excluding ortho intramolecular Hbond substituents is 1. The Bertz CT molecular complexity index is 1040. The van der Waals surface area contributed by atoms with Crippen molar-refractivity contribution in [2.24, 2.45) is 5.41 Å². The number of aromatic nitrogens is 2. The third-order valence-electron chi connectivity index (χ3n) is 5.47. The summed E-state index contributed by atoms with van der Waals surface area (Å²) < 4.78 is 15.3. The molecule has 0 aliphatic carbocycles. The average Bonchev–Trinajstić information content (AvgIpc) is 3.06. The van der Waals surface area contributed by atoms with Crippen LogP contribution in [-0.4, -0.2) is 28.0 Å². The smallest absolute Gasteiger partial charge is 0.171 e. The lowest BCUT2D eigenvalue weighted by Gasteiger charge is -2.38. The molecule has 0 unspecified atom stereocenters. The largest absolute Gasteiger partial charge is 0.504 e. The maximum atomic E-state index is 13.8. The Balaban J connectivity index is 1.69. The molecule has 3 aromatic rings. The van der Waals surface area contributed by atoms with E-state index < -0.39 is 11.6 Å². The predicted molar refractivity (Wildman–Crippen MR) is 103 cm³/mol. The molecule has 138 valence electrons. The molecule has 1 aromatic heterocycles. The highest BCUT2D eigenvalue weighted by atomic mass is 19.1. The summed E-state index contributed by atoms with van der Waals surface area (Å²) in [4.78, 5) is 2.37. The molecular formula is C21H21FN4O. The number of halogens is 1. The molecule has 6 heteroatoms. The number of fused-ring (bicyclic) bond motifs is 1. The highest BCUT2D eigenvalue weighted by Gasteiger charge is 2.25. The van der Waals surface area contributed by atoms with E-state index in [0.29, 0.717) is 16.3 Å². The fourth-order valence-corrected chi connectivity index (χ4v) is 3.63. The van der Waals surface area contributed by atoms with Crippen LogP contribution in [0.25, 0.3) is 16.6 Å². The number of nitriles is 1. The van der Waals surface area contributed by atoms with Crippen molar-refractivity contribution >= 4 is 16.6 Å². The number of rotatable bonds is 2. The lowest BCUT2D eigenvalue weighted by atomic mass is 9.82. The van der Waals surface area contributed by atoms with Crippen LogP contribution in [0.5, 0.6) is 5.75 Å². The zero-order valence-corrected chi connectivity index (χ0v) is 15.4. The van der Waals surface area contributed by atoms with Gasteiger partial charge in [0.25, 0.3) is 0 Å². The molecule has 1 fully saturated rings. The van der Waals surface area contributed by atoms with E-state index in [4.69, 9.17) is 0 Å². The molecule has 4 rings (SSSR count). The van der Waals surface area contributed by atoms with Crippen LogP contribution in [-0.2, 0) is 0 Å². The molecule has 2 heterocycles. The summed E-state index contributed by atoms with van der Waals surface area (Å²) in [7, 11) is 0. The number of anilines is 1. The number of hydrogen-bond acceptors (Lipinski definition) is 4. The zero-order chi connectivity index (χ0) is 19.2. The number of hydrogen-bond donors (Lipinski definition) is 1.